The summed E-state index contributed by atoms with van der Waals surface area (Å²) in [6, 6.07) is 23.7. The number of fused-ring (bicyclic) bond motifs is 1. The number of halogens is 1. The quantitative estimate of drug-likeness (QED) is 0.261. The van der Waals surface area contributed by atoms with E-state index in [0.29, 0.717) is 36.4 Å². The van der Waals surface area contributed by atoms with Gasteiger partial charge in [-0.3, -0.25) is 19.3 Å². The van der Waals surface area contributed by atoms with Gasteiger partial charge in [0.2, 0.25) is 11.8 Å². The van der Waals surface area contributed by atoms with E-state index in [1.54, 1.807) is 23.1 Å². The highest BCUT2D eigenvalue weighted by atomic mass is 79.9. The third kappa shape index (κ3) is 5.61. The van der Waals surface area contributed by atoms with Gasteiger partial charge in [-0.05, 0) is 35.7 Å². The van der Waals surface area contributed by atoms with Crippen molar-refractivity contribution in [2.75, 3.05) is 29.3 Å². The molecule has 0 aliphatic carbocycles. The molecule has 3 aromatic rings. The van der Waals surface area contributed by atoms with E-state index < -0.39 is 11.8 Å². The van der Waals surface area contributed by atoms with Gasteiger partial charge < -0.3 is 19.7 Å². The molecular weight excluding hydrogens is 562 g/mol. The zero-order chi connectivity index (χ0) is 28.0. The molecule has 1 aliphatic heterocycles. The van der Waals surface area contributed by atoms with E-state index in [1.165, 1.54) is 19.1 Å². The molecule has 1 unspecified atom stereocenters. The molecule has 8 nitrogen and oxygen atoms in total. The predicted molar refractivity (Wildman–Crippen MR) is 153 cm³/mol. The molecule has 1 heterocycles. The summed E-state index contributed by atoms with van der Waals surface area (Å²) in [6.45, 7) is 2.52. The molecule has 204 valence electrons. The first-order valence-corrected chi connectivity index (χ1v) is 13.8. The lowest BCUT2D eigenvalue weighted by molar-refractivity contribution is -0.209. The van der Waals surface area contributed by atoms with Crippen molar-refractivity contribution in [3.8, 4) is 0 Å². The van der Waals surface area contributed by atoms with E-state index in [4.69, 9.17) is 9.47 Å². The maximum atomic E-state index is 13.7. The molecule has 0 saturated carbocycles. The van der Waals surface area contributed by atoms with E-state index in [-0.39, 0.29) is 23.1 Å². The molecule has 3 amide bonds. The van der Waals surface area contributed by atoms with E-state index in [0.717, 1.165) is 11.1 Å². The summed E-state index contributed by atoms with van der Waals surface area (Å²) in [5.74, 6) is -2.61. The molecule has 39 heavy (non-hydrogen) atoms. The number of nitrogens with zero attached hydrogens (tertiary/aromatic N) is 2. The standard InChI is InChI=1S/C30H32BrN3O5/c1-4-25(28(36)32-19-21-11-7-5-8-12-21)34(27(35)18-31)23-15-16-26-24(17-23)30(38-2,39-3)29(37)33(26)20-22-13-9-6-10-14-22/h5-17,25H,4,18-20H2,1-3H3,(H,32,36). The molecule has 0 saturated heterocycles. The molecule has 0 bridgehead atoms. The number of hydrogen-bond acceptors (Lipinski definition) is 5. The average Bonchev–Trinajstić information content (AvgIpc) is 3.21. The Kier molecular flexibility index (Phi) is 9.16. The van der Waals surface area contributed by atoms with Crippen LogP contribution in [0.1, 0.15) is 30.0 Å². The molecule has 0 fully saturated rings. The minimum Gasteiger partial charge on any atom is -0.350 e. The largest absolute Gasteiger partial charge is 0.350 e. The highest BCUT2D eigenvalue weighted by Gasteiger charge is 2.53. The van der Waals surface area contributed by atoms with Crippen molar-refractivity contribution < 1.29 is 23.9 Å². The van der Waals surface area contributed by atoms with Crippen LogP contribution in [0.25, 0.3) is 0 Å². The SMILES string of the molecule is CCC(C(=O)NCc1ccccc1)N(C(=O)CBr)c1ccc2c(c1)C(OC)(OC)C(=O)N2Cc1ccccc1. The van der Waals surface area contributed by atoms with Gasteiger partial charge in [0.05, 0.1) is 17.6 Å². The normalized spacial score (nSPS) is 14.6. The number of carbonyl (C=O) groups is 3. The minimum absolute atomic E-state index is 0.0192. The summed E-state index contributed by atoms with van der Waals surface area (Å²) in [4.78, 5) is 43.3. The van der Waals surface area contributed by atoms with Gasteiger partial charge in [-0.15, -0.1) is 0 Å². The molecule has 1 N–H and O–H groups in total. The zero-order valence-corrected chi connectivity index (χ0v) is 23.8. The Morgan fingerprint density at radius 3 is 2.15 bits per heavy atom. The molecule has 1 aliphatic rings. The van der Waals surface area contributed by atoms with E-state index in [2.05, 4.69) is 21.2 Å². The third-order valence-electron chi connectivity index (χ3n) is 6.88. The van der Waals surface area contributed by atoms with Crippen LogP contribution in [-0.4, -0.2) is 43.3 Å². The summed E-state index contributed by atoms with van der Waals surface area (Å²) in [5, 5.41) is 2.97. The summed E-state index contributed by atoms with van der Waals surface area (Å²) in [5.41, 5.74) is 3.45. The van der Waals surface area contributed by atoms with Crippen molar-refractivity contribution in [2.45, 2.75) is 38.3 Å². The first kappa shape index (κ1) is 28.5. The number of ether oxygens (including phenoxy) is 2. The molecule has 0 radical (unpaired) electrons. The Morgan fingerprint density at radius 2 is 1.59 bits per heavy atom. The number of nitrogens with one attached hydrogen (secondary N) is 1. The highest BCUT2D eigenvalue weighted by molar-refractivity contribution is 9.09. The van der Waals surface area contributed by atoms with Crippen LogP contribution in [-0.2, 0) is 42.7 Å². The number of alkyl halides is 1. The molecule has 1 atom stereocenters. The first-order valence-electron chi connectivity index (χ1n) is 12.7. The summed E-state index contributed by atoms with van der Waals surface area (Å²) in [6.07, 6.45) is 0.384. The van der Waals surface area contributed by atoms with Crippen molar-refractivity contribution in [3.63, 3.8) is 0 Å². The molecule has 0 aromatic heterocycles. The number of rotatable bonds is 11. The molecule has 3 aromatic carbocycles. The second kappa shape index (κ2) is 12.5. The van der Waals surface area contributed by atoms with Crippen molar-refractivity contribution in [3.05, 3.63) is 95.6 Å². The minimum atomic E-state index is -1.68. The maximum absolute atomic E-state index is 13.7. The van der Waals surface area contributed by atoms with Crippen LogP contribution >= 0.6 is 15.9 Å². The second-order valence-corrected chi connectivity index (χ2v) is 9.69. The number of benzene rings is 3. The first-order chi connectivity index (χ1) is 18.9. The number of hydrogen-bond donors (Lipinski definition) is 1. The Morgan fingerprint density at radius 1 is 0.974 bits per heavy atom. The van der Waals surface area contributed by atoms with Gasteiger partial charge in [-0.1, -0.05) is 83.5 Å². The Hall–Kier alpha value is -3.53. The van der Waals surface area contributed by atoms with E-state index >= 15 is 0 Å². The number of anilines is 2. The maximum Gasteiger partial charge on any atom is 0.292 e. The van der Waals surface area contributed by atoms with Crippen LogP contribution in [0.2, 0.25) is 0 Å². The monoisotopic (exact) mass is 593 g/mol. The van der Waals surface area contributed by atoms with Crippen LogP contribution in [0, 0.1) is 0 Å². The highest BCUT2D eigenvalue weighted by Crippen LogP contribution is 2.45. The van der Waals surface area contributed by atoms with Crippen LogP contribution < -0.4 is 15.1 Å². The fraction of sp³-hybridized carbons (Fsp3) is 0.300. The van der Waals surface area contributed by atoms with Crippen LogP contribution in [0.5, 0.6) is 0 Å². The van der Waals surface area contributed by atoms with Crippen molar-refractivity contribution in [1.82, 2.24) is 5.32 Å². The summed E-state index contributed by atoms with van der Waals surface area (Å²) in [7, 11) is 2.83. The number of amides is 3. The molecule has 0 spiro atoms. The van der Waals surface area contributed by atoms with E-state index in [1.807, 2.05) is 67.6 Å². The second-order valence-electron chi connectivity index (χ2n) is 9.13. The molecule has 4 rings (SSSR count). The van der Waals surface area contributed by atoms with Gasteiger partial charge in [0.15, 0.2) is 0 Å². The third-order valence-corrected chi connectivity index (χ3v) is 7.36. The zero-order valence-electron chi connectivity index (χ0n) is 22.2. The lowest BCUT2D eigenvalue weighted by Crippen LogP contribution is -2.50. The summed E-state index contributed by atoms with van der Waals surface area (Å²) < 4.78 is 11.4. The fourth-order valence-electron chi connectivity index (χ4n) is 4.93. The lowest BCUT2D eigenvalue weighted by Gasteiger charge is -2.31. The molecule has 9 heteroatoms. The van der Waals surface area contributed by atoms with Crippen molar-refractivity contribution in [2.24, 2.45) is 0 Å². The van der Waals surface area contributed by atoms with Gasteiger partial charge in [0, 0.05) is 32.0 Å². The van der Waals surface area contributed by atoms with E-state index in [9.17, 15) is 14.4 Å². The number of carbonyl (C=O) groups excluding carboxylic acids is 3. The van der Waals surface area contributed by atoms with Gasteiger partial charge in [0.1, 0.15) is 6.04 Å². The lowest BCUT2D eigenvalue weighted by atomic mass is 10.0. The Bertz CT molecular complexity index is 1310. The van der Waals surface area contributed by atoms with Crippen LogP contribution in [0.3, 0.4) is 0 Å². The topological polar surface area (TPSA) is 88.2 Å². The van der Waals surface area contributed by atoms with Crippen LogP contribution in [0.15, 0.2) is 78.9 Å². The van der Waals surface area contributed by atoms with Gasteiger partial charge in [0.25, 0.3) is 11.7 Å². The van der Waals surface area contributed by atoms with Crippen molar-refractivity contribution in [1.29, 1.82) is 0 Å². The smallest absolute Gasteiger partial charge is 0.292 e. The molecular formula is C30H32BrN3O5. The number of methoxy groups -OCH3 is 2. The van der Waals surface area contributed by atoms with Gasteiger partial charge >= 0.3 is 0 Å². The Labute approximate surface area is 237 Å². The average molecular weight is 595 g/mol. The predicted octanol–water partition coefficient (Wildman–Crippen LogP) is 4.50. The van der Waals surface area contributed by atoms with Gasteiger partial charge in [-0.25, -0.2) is 0 Å². The van der Waals surface area contributed by atoms with Gasteiger partial charge in [-0.2, -0.15) is 0 Å². The van der Waals surface area contributed by atoms with Crippen molar-refractivity contribution >= 4 is 45.0 Å². The summed E-state index contributed by atoms with van der Waals surface area (Å²) >= 11 is 3.27. The van der Waals surface area contributed by atoms with Crippen LogP contribution in [0.4, 0.5) is 11.4 Å². The fourth-order valence-corrected chi connectivity index (χ4v) is 5.20. The Balaban J connectivity index is 1.71.